The Morgan fingerprint density at radius 1 is 1.47 bits per heavy atom. The molecular weight excluding hydrogens is 258 g/mol. The Kier molecular flexibility index (Phi) is 4.23. The first kappa shape index (κ1) is 12.6. The summed E-state index contributed by atoms with van der Waals surface area (Å²) in [7, 11) is 0. The molecule has 3 nitrogen and oxygen atoms in total. The molecule has 0 aliphatic rings. The van der Waals surface area contributed by atoms with Crippen molar-refractivity contribution in [3.8, 4) is 0 Å². The number of rotatable bonds is 5. The highest BCUT2D eigenvalue weighted by molar-refractivity contribution is 7.16. The number of halogens is 1. The summed E-state index contributed by atoms with van der Waals surface area (Å²) in [6.07, 6.45) is 1.47. The van der Waals surface area contributed by atoms with Crippen LogP contribution in [0.2, 0.25) is 4.34 Å². The van der Waals surface area contributed by atoms with E-state index in [0.717, 1.165) is 15.0 Å². The Labute approximate surface area is 109 Å². The molecule has 2 aromatic heterocycles. The third-order valence-corrected chi connectivity index (χ3v) is 3.63. The molecule has 0 radical (unpaired) electrons. The molecule has 0 spiro atoms. The molecule has 5 heteroatoms. The summed E-state index contributed by atoms with van der Waals surface area (Å²) in [5.74, 6) is 0.790. The standard InChI is InChI=1S/C12H14ClNO2S/c1-8(14)12(10-4-5-11(13)17-10)16-7-9-3-2-6-15-9/h2-6,8,12H,7,14H2,1H3. The van der Waals surface area contributed by atoms with Crippen LogP contribution in [0, 0.1) is 0 Å². The molecule has 2 atom stereocenters. The lowest BCUT2D eigenvalue weighted by Gasteiger charge is -2.19. The highest BCUT2D eigenvalue weighted by Crippen LogP contribution is 2.31. The van der Waals surface area contributed by atoms with Crippen LogP contribution in [0.25, 0.3) is 0 Å². The van der Waals surface area contributed by atoms with Crippen LogP contribution in [-0.2, 0) is 11.3 Å². The summed E-state index contributed by atoms with van der Waals surface area (Å²) in [6.45, 7) is 2.33. The maximum absolute atomic E-state index is 5.93. The molecule has 2 rings (SSSR count). The Hall–Kier alpha value is -0.810. The number of nitrogens with two attached hydrogens (primary N) is 1. The quantitative estimate of drug-likeness (QED) is 0.904. The maximum atomic E-state index is 5.93. The second-order valence-electron chi connectivity index (χ2n) is 3.81. The lowest BCUT2D eigenvalue weighted by Crippen LogP contribution is -2.26. The van der Waals surface area contributed by atoms with Crippen molar-refractivity contribution in [1.29, 1.82) is 0 Å². The molecule has 2 unspecified atom stereocenters. The van der Waals surface area contributed by atoms with Crippen molar-refractivity contribution in [3.63, 3.8) is 0 Å². The van der Waals surface area contributed by atoms with Crippen molar-refractivity contribution in [2.45, 2.75) is 25.7 Å². The van der Waals surface area contributed by atoms with Gasteiger partial charge in [0, 0.05) is 10.9 Å². The molecule has 2 aromatic rings. The Morgan fingerprint density at radius 2 is 2.29 bits per heavy atom. The van der Waals surface area contributed by atoms with E-state index in [1.807, 2.05) is 31.2 Å². The molecule has 0 aromatic carbocycles. The molecule has 2 heterocycles. The fourth-order valence-electron chi connectivity index (χ4n) is 1.54. The number of furan rings is 1. The maximum Gasteiger partial charge on any atom is 0.129 e. The van der Waals surface area contributed by atoms with Gasteiger partial charge in [0.15, 0.2) is 0 Å². The number of hydrogen-bond donors (Lipinski definition) is 1. The Bertz CT molecular complexity index is 453. The second kappa shape index (κ2) is 5.69. The van der Waals surface area contributed by atoms with Crippen molar-refractivity contribution < 1.29 is 9.15 Å². The van der Waals surface area contributed by atoms with E-state index >= 15 is 0 Å². The van der Waals surface area contributed by atoms with Crippen LogP contribution >= 0.6 is 22.9 Å². The fraction of sp³-hybridized carbons (Fsp3) is 0.333. The molecule has 0 bridgehead atoms. The average molecular weight is 272 g/mol. The first-order chi connectivity index (χ1) is 8.16. The zero-order valence-electron chi connectivity index (χ0n) is 9.43. The molecule has 2 N–H and O–H groups in total. The van der Waals surface area contributed by atoms with Gasteiger partial charge >= 0.3 is 0 Å². The summed E-state index contributed by atoms with van der Waals surface area (Å²) in [5.41, 5.74) is 5.93. The van der Waals surface area contributed by atoms with Gasteiger partial charge in [-0.1, -0.05) is 11.6 Å². The van der Waals surface area contributed by atoms with Gasteiger partial charge in [0.1, 0.15) is 18.5 Å². The van der Waals surface area contributed by atoms with E-state index < -0.39 is 0 Å². The first-order valence-corrected chi connectivity index (χ1v) is 6.51. The molecular formula is C12H14ClNO2S. The molecule has 0 saturated heterocycles. The van der Waals surface area contributed by atoms with Gasteiger partial charge in [-0.3, -0.25) is 0 Å². The molecule has 0 fully saturated rings. The third-order valence-electron chi connectivity index (χ3n) is 2.34. The van der Waals surface area contributed by atoms with E-state index in [-0.39, 0.29) is 12.1 Å². The molecule has 17 heavy (non-hydrogen) atoms. The normalized spacial score (nSPS) is 14.8. The van der Waals surface area contributed by atoms with Crippen LogP contribution in [0.3, 0.4) is 0 Å². The lowest BCUT2D eigenvalue weighted by atomic mass is 10.1. The number of ether oxygens (including phenoxy) is 1. The smallest absolute Gasteiger partial charge is 0.129 e. The zero-order valence-corrected chi connectivity index (χ0v) is 11.0. The van der Waals surface area contributed by atoms with E-state index in [2.05, 4.69) is 0 Å². The molecule has 92 valence electrons. The Balaban J connectivity index is 2.03. The Morgan fingerprint density at radius 3 is 2.82 bits per heavy atom. The summed E-state index contributed by atoms with van der Waals surface area (Å²) in [5, 5.41) is 0. The van der Waals surface area contributed by atoms with Gasteiger partial charge in [-0.2, -0.15) is 0 Å². The van der Waals surface area contributed by atoms with Crippen LogP contribution in [0.1, 0.15) is 23.7 Å². The monoisotopic (exact) mass is 271 g/mol. The van der Waals surface area contributed by atoms with E-state index in [9.17, 15) is 0 Å². The summed E-state index contributed by atoms with van der Waals surface area (Å²) in [4.78, 5) is 1.04. The second-order valence-corrected chi connectivity index (χ2v) is 5.56. The van der Waals surface area contributed by atoms with Crippen LogP contribution in [-0.4, -0.2) is 6.04 Å². The van der Waals surface area contributed by atoms with Crippen molar-refractivity contribution >= 4 is 22.9 Å². The van der Waals surface area contributed by atoms with Crippen LogP contribution < -0.4 is 5.73 Å². The predicted molar refractivity (Wildman–Crippen MR) is 69.2 cm³/mol. The van der Waals surface area contributed by atoms with E-state index in [4.69, 9.17) is 26.5 Å². The van der Waals surface area contributed by atoms with Gasteiger partial charge < -0.3 is 14.9 Å². The van der Waals surface area contributed by atoms with Gasteiger partial charge in [0.2, 0.25) is 0 Å². The number of thiophene rings is 1. The largest absolute Gasteiger partial charge is 0.467 e. The summed E-state index contributed by atoms with van der Waals surface area (Å²) < 4.78 is 11.7. The van der Waals surface area contributed by atoms with E-state index in [1.54, 1.807) is 6.26 Å². The van der Waals surface area contributed by atoms with Gasteiger partial charge in [-0.05, 0) is 31.2 Å². The summed E-state index contributed by atoms with van der Waals surface area (Å²) >= 11 is 7.40. The molecule has 0 amide bonds. The SMILES string of the molecule is CC(N)C(OCc1ccco1)c1ccc(Cl)s1. The highest BCUT2D eigenvalue weighted by Gasteiger charge is 2.19. The highest BCUT2D eigenvalue weighted by atomic mass is 35.5. The van der Waals surface area contributed by atoms with Crippen LogP contribution in [0.4, 0.5) is 0 Å². The zero-order chi connectivity index (χ0) is 12.3. The predicted octanol–water partition coefficient (Wildman–Crippen LogP) is 3.60. The van der Waals surface area contributed by atoms with Crippen molar-refractivity contribution in [2.24, 2.45) is 5.73 Å². The molecule has 0 aliphatic heterocycles. The average Bonchev–Trinajstić information content (AvgIpc) is 2.90. The minimum atomic E-state index is -0.155. The van der Waals surface area contributed by atoms with Gasteiger partial charge in [0.25, 0.3) is 0 Å². The van der Waals surface area contributed by atoms with Gasteiger partial charge in [-0.15, -0.1) is 11.3 Å². The summed E-state index contributed by atoms with van der Waals surface area (Å²) in [6, 6.07) is 7.41. The van der Waals surface area contributed by atoms with Crippen LogP contribution in [0.5, 0.6) is 0 Å². The fourth-order valence-corrected chi connectivity index (χ4v) is 2.77. The topological polar surface area (TPSA) is 48.4 Å². The van der Waals surface area contributed by atoms with E-state index in [1.165, 1.54) is 11.3 Å². The third kappa shape index (κ3) is 3.33. The van der Waals surface area contributed by atoms with Crippen molar-refractivity contribution in [3.05, 3.63) is 45.5 Å². The van der Waals surface area contributed by atoms with Gasteiger partial charge in [0.05, 0.1) is 10.6 Å². The van der Waals surface area contributed by atoms with Crippen LogP contribution in [0.15, 0.2) is 34.9 Å². The number of hydrogen-bond acceptors (Lipinski definition) is 4. The first-order valence-electron chi connectivity index (χ1n) is 5.31. The lowest BCUT2D eigenvalue weighted by molar-refractivity contribution is 0.0192. The molecule has 0 saturated carbocycles. The molecule has 0 aliphatic carbocycles. The van der Waals surface area contributed by atoms with E-state index in [0.29, 0.717) is 6.61 Å². The van der Waals surface area contributed by atoms with Crippen molar-refractivity contribution in [1.82, 2.24) is 0 Å². The minimum Gasteiger partial charge on any atom is -0.467 e. The van der Waals surface area contributed by atoms with Crippen molar-refractivity contribution in [2.75, 3.05) is 0 Å². The van der Waals surface area contributed by atoms with Gasteiger partial charge in [-0.25, -0.2) is 0 Å². The minimum absolute atomic E-state index is 0.0975.